The van der Waals surface area contributed by atoms with E-state index in [4.69, 9.17) is 4.74 Å². The zero-order valence-electron chi connectivity index (χ0n) is 13.6. The maximum absolute atomic E-state index is 14.2. The van der Waals surface area contributed by atoms with E-state index in [0.29, 0.717) is 29.2 Å². The molecule has 0 fully saturated rings. The summed E-state index contributed by atoms with van der Waals surface area (Å²) in [5, 5.41) is 4.06. The number of nitrogens with zero attached hydrogens (tertiary/aromatic N) is 4. The minimum Gasteiger partial charge on any atom is -0.383 e. The van der Waals surface area contributed by atoms with E-state index in [2.05, 4.69) is 10.1 Å². The smallest absolute Gasteiger partial charge is 0.298 e. The van der Waals surface area contributed by atoms with E-state index in [-0.39, 0.29) is 5.82 Å². The van der Waals surface area contributed by atoms with E-state index in [1.165, 1.54) is 22.1 Å². The first-order chi connectivity index (χ1) is 11.5. The van der Waals surface area contributed by atoms with E-state index >= 15 is 0 Å². The van der Waals surface area contributed by atoms with Crippen molar-refractivity contribution in [1.29, 1.82) is 0 Å². The molecule has 0 N–H and O–H groups in total. The van der Waals surface area contributed by atoms with Crippen molar-refractivity contribution in [2.24, 2.45) is 12.0 Å². The van der Waals surface area contributed by atoms with Crippen molar-refractivity contribution in [2.45, 2.75) is 13.5 Å². The van der Waals surface area contributed by atoms with Gasteiger partial charge in [0.15, 0.2) is 4.80 Å². The Labute approximate surface area is 141 Å². The van der Waals surface area contributed by atoms with Crippen LogP contribution in [0.2, 0.25) is 0 Å². The molecule has 0 aliphatic carbocycles. The van der Waals surface area contributed by atoms with Gasteiger partial charge >= 0.3 is 0 Å². The van der Waals surface area contributed by atoms with Crippen LogP contribution in [0.1, 0.15) is 16.1 Å². The third-order valence-corrected chi connectivity index (χ3v) is 4.74. The molecule has 0 unspecified atom stereocenters. The molecule has 2 heterocycles. The minimum absolute atomic E-state index is 0.342. The van der Waals surface area contributed by atoms with Crippen molar-refractivity contribution in [1.82, 2.24) is 14.3 Å². The number of thiazole rings is 1. The van der Waals surface area contributed by atoms with Gasteiger partial charge in [-0.05, 0) is 19.1 Å². The molecule has 1 amide bonds. The molecule has 6 nitrogen and oxygen atoms in total. The summed E-state index contributed by atoms with van der Waals surface area (Å²) in [6, 6.07) is 4.85. The van der Waals surface area contributed by atoms with Crippen molar-refractivity contribution in [2.75, 3.05) is 13.7 Å². The number of rotatable bonds is 4. The van der Waals surface area contributed by atoms with Gasteiger partial charge in [0.05, 0.1) is 23.0 Å². The van der Waals surface area contributed by atoms with Gasteiger partial charge in [-0.15, -0.1) is 0 Å². The van der Waals surface area contributed by atoms with Gasteiger partial charge in [-0.3, -0.25) is 9.48 Å². The lowest BCUT2D eigenvalue weighted by atomic mass is 10.3. The molecule has 0 aliphatic heterocycles. The van der Waals surface area contributed by atoms with Gasteiger partial charge in [-0.25, -0.2) is 4.39 Å². The topological polar surface area (TPSA) is 61.4 Å². The molecule has 24 heavy (non-hydrogen) atoms. The molecule has 3 aromatic rings. The lowest BCUT2D eigenvalue weighted by Gasteiger charge is -2.05. The molecule has 0 atom stereocenters. The first-order valence-corrected chi connectivity index (χ1v) is 8.19. The number of methoxy groups -OCH3 is 1. The summed E-state index contributed by atoms with van der Waals surface area (Å²) >= 11 is 1.28. The number of carbonyl (C=O) groups excluding carboxylic acids is 1. The fourth-order valence-electron chi connectivity index (χ4n) is 2.56. The molecule has 0 saturated heterocycles. The van der Waals surface area contributed by atoms with Gasteiger partial charge in [-0.2, -0.15) is 10.1 Å². The van der Waals surface area contributed by atoms with E-state index in [1.807, 2.05) is 6.07 Å². The van der Waals surface area contributed by atoms with E-state index in [1.54, 1.807) is 37.9 Å². The molecule has 0 radical (unpaired) electrons. The highest BCUT2D eigenvalue weighted by Gasteiger charge is 2.16. The number of hydrogen-bond donors (Lipinski definition) is 0. The van der Waals surface area contributed by atoms with E-state index in [9.17, 15) is 9.18 Å². The Bertz CT molecular complexity index is 951. The molecule has 3 rings (SSSR count). The molecule has 0 aliphatic rings. The second-order valence-electron chi connectivity index (χ2n) is 5.33. The number of aryl methyl sites for hydroxylation is 2. The van der Waals surface area contributed by atoms with Gasteiger partial charge < -0.3 is 9.30 Å². The average Bonchev–Trinajstić information content (AvgIpc) is 3.06. The largest absolute Gasteiger partial charge is 0.383 e. The molecule has 2 aromatic heterocycles. The Morgan fingerprint density at radius 3 is 2.92 bits per heavy atom. The number of benzene rings is 1. The predicted molar refractivity (Wildman–Crippen MR) is 89.5 cm³/mol. The van der Waals surface area contributed by atoms with Crippen molar-refractivity contribution >= 4 is 27.5 Å². The predicted octanol–water partition coefficient (Wildman–Crippen LogP) is 2.27. The van der Waals surface area contributed by atoms with Crippen molar-refractivity contribution in [3.63, 3.8) is 0 Å². The number of carbonyl (C=O) groups is 1. The third kappa shape index (κ3) is 2.90. The minimum atomic E-state index is -0.398. The number of ether oxygens (including phenoxy) is 1. The lowest BCUT2D eigenvalue weighted by molar-refractivity contribution is 0.0987. The van der Waals surface area contributed by atoms with Gasteiger partial charge in [-0.1, -0.05) is 17.4 Å². The summed E-state index contributed by atoms with van der Waals surface area (Å²) in [6.07, 6.45) is 1.62. The zero-order valence-corrected chi connectivity index (χ0v) is 14.4. The Morgan fingerprint density at radius 1 is 1.46 bits per heavy atom. The van der Waals surface area contributed by atoms with Crippen LogP contribution in [0.15, 0.2) is 29.4 Å². The van der Waals surface area contributed by atoms with Crippen molar-refractivity contribution in [3.05, 3.63) is 46.3 Å². The van der Waals surface area contributed by atoms with Crippen LogP contribution >= 0.6 is 11.3 Å². The Kier molecular flexibility index (Phi) is 4.59. The SMILES string of the molecule is COCCn1c(=NC(=O)c2c(C)cnn2C)sc2cccc(F)c21. The first kappa shape index (κ1) is 16.5. The highest BCUT2D eigenvalue weighted by Crippen LogP contribution is 2.20. The monoisotopic (exact) mass is 348 g/mol. The number of fused-ring (bicyclic) bond motifs is 1. The normalized spacial score (nSPS) is 12.2. The molecule has 0 saturated carbocycles. The maximum Gasteiger partial charge on any atom is 0.298 e. The number of para-hydroxylation sites is 1. The van der Waals surface area contributed by atoms with Crippen LogP contribution in [-0.4, -0.2) is 34.0 Å². The summed E-state index contributed by atoms with van der Waals surface area (Å²) in [5.74, 6) is -0.740. The second kappa shape index (κ2) is 6.66. The van der Waals surface area contributed by atoms with E-state index < -0.39 is 5.91 Å². The number of hydrogen-bond acceptors (Lipinski definition) is 4. The van der Waals surface area contributed by atoms with Crippen LogP contribution in [0.3, 0.4) is 0 Å². The number of halogens is 1. The molecule has 1 aromatic carbocycles. The van der Waals surface area contributed by atoms with Crippen LogP contribution in [-0.2, 0) is 18.3 Å². The van der Waals surface area contributed by atoms with Gasteiger partial charge in [0.1, 0.15) is 11.5 Å². The zero-order chi connectivity index (χ0) is 17.3. The Balaban J connectivity index is 2.18. The Hall–Kier alpha value is -2.32. The van der Waals surface area contributed by atoms with Crippen LogP contribution in [0.5, 0.6) is 0 Å². The van der Waals surface area contributed by atoms with Crippen LogP contribution in [0, 0.1) is 12.7 Å². The molecule has 0 spiro atoms. The third-order valence-electron chi connectivity index (χ3n) is 3.69. The van der Waals surface area contributed by atoms with Gasteiger partial charge in [0, 0.05) is 26.3 Å². The maximum atomic E-state index is 14.2. The molecular weight excluding hydrogens is 331 g/mol. The van der Waals surface area contributed by atoms with Gasteiger partial charge in [0.2, 0.25) is 0 Å². The van der Waals surface area contributed by atoms with Crippen molar-refractivity contribution in [3.8, 4) is 0 Å². The first-order valence-electron chi connectivity index (χ1n) is 7.37. The fraction of sp³-hybridized carbons (Fsp3) is 0.312. The summed E-state index contributed by atoms with van der Waals surface area (Å²) in [6.45, 7) is 2.61. The van der Waals surface area contributed by atoms with Crippen LogP contribution < -0.4 is 4.80 Å². The standard InChI is InChI=1S/C16H17FN4O2S/c1-10-9-18-20(2)13(10)15(22)19-16-21(7-8-23-3)14-11(17)5-4-6-12(14)24-16/h4-6,9H,7-8H2,1-3H3. The molecule has 0 bridgehead atoms. The average molecular weight is 348 g/mol. The van der Waals surface area contributed by atoms with Crippen LogP contribution in [0.25, 0.3) is 10.2 Å². The van der Waals surface area contributed by atoms with E-state index in [0.717, 1.165) is 10.3 Å². The number of amides is 1. The highest BCUT2D eigenvalue weighted by atomic mass is 32.1. The highest BCUT2D eigenvalue weighted by molar-refractivity contribution is 7.16. The van der Waals surface area contributed by atoms with Gasteiger partial charge in [0.25, 0.3) is 5.91 Å². The summed E-state index contributed by atoms with van der Waals surface area (Å²) in [7, 11) is 3.27. The summed E-state index contributed by atoms with van der Waals surface area (Å²) < 4.78 is 23.2. The molecule has 8 heteroatoms. The Morgan fingerprint density at radius 2 is 2.25 bits per heavy atom. The summed E-state index contributed by atoms with van der Waals surface area (Å²) in [5.41, 5.74) is 1.61. The summed E-state index contributed by atoms with van der Waals surface area (Å²) in [4.78, 5) is 17.2. The second-order valence-corrected chi connectivity index (χ2v) is 6.34. The molecule has 126 valence electrons. The quantitative estimate of drug-likeness (QED) is 0.727. The van der Waals surface area contributed by atoms with Crippen molar-refractivity contribution < 1.29 is 13.9 Å². The molecular formula is C16H17FN4O2S. The number of aromatic nitrogens is 3. The van der Waals surface area contributed by atoms with Crippen LogP contribution in [0.4, 0.5) is 4.39 Å². The fourth-order valence-corrected chi connectivity index (χ4v) is 3.63. The lowest BCUT2D eigenvalue weighted by Crippen LogP contribution is -2.20.